The average molecular weight is 456 g/mol. The number of carbonyl (C=O) groups excluding carboxylic acids is 1. The van der Waals surface area contributed by atoms with Crippen molar-refractivity contribution in [3.8, 4) is 0 Å². The standard InChI is InChI=1S/C21H31ClFN3O2.C3H8/c1-15(25-21(2,3)14-28-4)13-26-7-5-16(6-8-26)12-24-20(27)17-9-18(22)11-19(23)10-17;1-3-2/h9-11,16,25H,1,5-8,12-14H2,2-4H3,(H,24,27);3H2,1-2H3. The number of methoxy groups -OCH3 is 1. The molecule has 31 heavy (non-hydrogen) atoms. The number of benzene rings is 1. The summed E-state index contributed by atoms with van der Waals surface area (Å²) in [5.74, 6) is -0.384. The molecule has 1 amide bonds. The van der Waals surface area contributed by atoms with Crippen molar-refractivity contribution in [3.63, 3.8) is 0 Å². The Labute approximate surface area is 192 Å². The Balaban J connectivity index is 0.00000151. The van der Waals surface area contributed by atoms with Crippen LogP contribution in [-0.2, 0) is 4.74 Å². The van der Waals surface area contributed by atoms with Crippen molar-refractivity contribution in [2.75, 3.05) is 39.9 Å². The molecule has 2 rings (SSSR count). The van der Waals surface area contributed by atoms with Gasteiger partial charge in [-0.1, -0.05) is 38.4 Å². The SMILES string of the molecule is C=C(CN1CCC(CNC(=O)c2cc(F)cc(Cl)c2)CC1)NC(C)(C)COC.CCC. The molecule has 5 nitrogen and oxygen atoms in total. The maximum absolute atomic E-state index is 13.4. The lowest BCUT2D eigenvalue weighted by Crippen LogP contribution is -2.46. The van der Waals surface area contributed by atoms with Gasteiger partial charge in [0.2, 0.25) is 0 Å². The second-order valence-corrected chi connectivity index (χ2v) is 9.28. The lowest BCUT2D eigenvalue weighted by Gasteiger charge is -2.34. The van der Waals surface area contributed by atoms with Gasteiger partial charge in [-0.25, -0.2) is 4.39 Å². The summed E-state index contributed by atoms with van der Waals surface area (Å²) in [6.45, 7) is 16.5. The van der Waals surface area contributed by atoms with Gasteiger partial charge in [-0.05, 0) is 63.9 Å². The zero-order valence-corrected chi connectivity index (χ0v) is 20.4. The number of carbonyl (C=O) groups is 1. The van der Waals surface area contributed by atoms with E-state index in [1.54, 1.807) is 7.11 Å². The van der Waals surface area contributed by atoms with Crippen molar-refractivity contribution in [2.45, 2.75) is 52.5 Å². The molecule has 0 bridgehead atoms. The molecule has 0 aliphatic carbocycles. The molecule has 0 unspecified atom stereocenters. The largest absolute Gasteiger partial charge is 0.382 e. The fourth-order valence-corrected chi connectivity index (χ4v) is 3.78. The first-order chi connectivity index (χ1) is 14.6. The van der Waals surface area contributed by atoms with Gasteiger partial charge in [0.25, 0.3) is 5.91 Å². The van der Waals surface area contributed by atoms with Gasteiger partial charge in [0.05, 0.1) is 12.1 Å². The summed E-state index contributed by atoms with van der Waals surface area (Å²) in [6.07, 6.45) is 3.25. The van der Waals surface area contributed by atoms with Crippen LogP contribution in [0.25, 0.3) is 0 Å². The van der Waals surface area contributed by atoms with Gasteiger partial charge >= 0.3 is 0 Å². The predicted octanol–water partition coefficient (Wildman–Crippen LogP) is 4.87. The van der Waals surface area contributed by atoms with Crippen molar-refractivity contribution in [1.82, 2.24) is 15.5 Å². The zero-order chi connectivity index (χ0) is 23.4. The zero-order valence-electron chi connectivity index (χ0n) is 19.7. The van der Waals surface area contributed by atoms with Crippen LogP contribution in [0.3, 0.4) is 0 Å². The normalized spacial score (nSPS) is 15.1. The second-order valence-electron chi connectivity index (χ2n) is 8.84. The van der Waals surface area contributed by atoms with Gasteiger partial charge < -0.3 is 15.4 Å². The summed E-state index contributed by atoms with van der Waals surface area (Å²) in [5.41, 5.74) is 1.09. The van der Waals surface area contributed by atoms with Crippen LogP contribution in [0, 0.1) is 11.7 Å². The Morgan fingerprint density at radius 2 is 1.90 bits per heavy atom. The number of nitrogens with one attached hydrogen (secondary N) is 2. The smallest absolute Gasteiger partial charge is 0.251 e. The highest BCUT2D eigenvalue weighted by Gasteiger charge is 2.22. The van der Waals surface area contributed by atoms with E-state index < -0.39 is 5.82 Å². The van der Waals surface area contributed by atoms with E-state index in [0.717, 1.165) is 38.2 Å². The van der Waals surface area contributed by atoms with E-state index in [0.29, 0.717) is 19.1 Å². The predicted molar refractivity (Wildman–Crippen MR) is 127 cm³/mol. The number of likely N-dealkylation sites (tertiary alicyclic amines) is 1. The molecule has 1 aliphatic rings. The Kier molecular flexibility index (Phi) is 12.1. The third-order valence-electron chi connectivity index (χ3n) is 4.82. The van der Waals surface area contributed by atoms with Gasteiger partial charge in [-0.3, -0.25) is 9.69 Å². The Morgan fingerprint density at radius 3 is 2.45 bits per heavy atom. The molecule has 0 atom stereocenters. The minimum absolute atomic E-state index is 0.145. The summed E-state index contributed by atoms with van der Waals surface area (Å²) in [5, 5.41) is 6.54. The lowest BCUT2D eigenvalue weighted by molar-refractivity contribution is 0.0936. The van der Waals surface area contributed by atoms with Crippen LogP contribution in [-0.4, -0.2) is 56.2 Å². The maximum Gasteiger partial charge on any atom is 0.251 e. The number of ether oxygens (including phenoxy) is 1. The van der Waals surface area contributed by atoms with Crippen LogP contribution in [0.5, 0.6) is 0 Å². The molecule has 2 N–H and O–H groups in total. The van der Waals surface area contributed by atoms with Gasteiger partial charge in [-0.2, -0.15) is 0 Å². The van der Waals surface area contributed by atoms with Crippen LogP contribution >= 0.6 is 11.6 Å². The van der Waals surface area contributed by atoms with E-state index in [1.165, 1.54) is 24.6 Å². The van der Waals surface area contributed by atoms with Crippen LogP contribution in [0.1, 0.15) is 57.3 Å². The van der Waals surface area contributed by atoms with Crippen LogP contribution in [0.4, 0.5) is 4.39 Å². The van der Waals surface area contributed by atoms with E-state index in [2.05, 4.69) is 49.8 Å². The Morgan fingerprint density at radius 1 is 1.29 bits per heavy atom. The van der Waals surface area contributed by atoms with E-state index in [4.69, 9.17) is 16.3 Å². The summed E-state index contributed by atoms with van der Waals surface area (Å²) >= 11 is 5.81. The molecule has 0 radical (unpaired) electrons. The van der Waals surface area contributed by atoms with E-state index in [9.17, 15) is 9.18 Å². The number of hydrogen-bond donors (Lipinski definition) is 2. The molecule has 1 aromatic carbocycles. The Hall–Kier alpha value is -1.63. The first kappa shape index (κ1) is 27.4. The van der Waals surface area contributed by atoms with Crippen molar-refractivity contribution in [3.05, 3.63) is 46.9 Å². The molecule has 0 aromatic heterocycles. The fourth-order valence-electron chi connectivity index (χ4n) is 3.56. The molecule has 1 heterocycles. The van der Waals surface area contributed by atoms with Crippen molar-refractivity contribution in [1.29, 1.82) is 0 Å². The van der Waals surface area contributed by atoms with E-state index >= 15 is 0 Å². The molecule has 1 fully saturated rings. The molecule has 1 aromatic rings. The molecular weight excluding hydrogens is 417 g/mol. The molecule has 176 valence electrons. The first-order valence-corrected chi connectivity index (χ1v) is 11.4. The highest BCUT2D eigenvalue weighted by molar-refractivity contribution is 6.31. The number of amides is 1. The van der Waals surface area contributed by atoms with Crippen molar-refractivity contribution < 1.29 is 13.9 Å². The fraction of sp³-hybridized carbons (Fsp3) is 0.625. The van der Waals surface area contributed by atoms with Crippen LogP contribution in [0.15, 0.2) is 30.5 Å². The molecule has 0 saturated carbocycles. The number of rotatable bonds is 9. The number of piperidine rings is 1. The monoisotopic (exact) mass is 455 g/mol. The second kappa shape index (κ2) is 13.7. The van der Waals surface area contributed by atoms with Gasteiger partial charge in [-0.15, -0.1) is 0 Å². The van der Waals surface area contributed by atoms with Crippen molar-refractivity contribution >= 4 is 17.5 Å². The Bertz CT molecular complexity index is 684. The average Bonchev–Trinajstić information content (AvgIpc) is 2.66. The summed E-state index contributed by atoms with van der Waals surface area (Å²) < 4.78 is 18.6. The van der Waals surface area contributed by atoms with Crippen molar-refractivity contribution in [2.24, 2.45) is 5.92 Å². The molecule has 7 heteroatoms. The topological polar surface area (TPSA) is 53.6 Å². The summed E-state index contributed by atoms with van der Waals surface area (Å²) in [4.78, 5) is 14.6. The lowest BCUT2D eigenvalue weighted by atomic mass is 9.96. The highest BCUT2D eigenvalue weighted by Crippen LogP contribution is 2.18. The third-order valence-corrected chi connectivity index (χ3v) is 5.04. The van der Waals surface area contributed by atoms with E-state index in [1.807, 2.05) is 0 Å². The number of hydrogen-bond acceptors (Lipinski definition) is 4. The minimum Gasteiger partial charge on any atom is -0.382 e. The van der Waals surface area contributed by atoms with E-state index in [-0.39, 0.29) is 22.0 Å². The molecule has 0 spiro atoms. The summed E-state index contributed by atoms with van der Waals surface area (Å²) in [6, 6.07) is 3.87. The molecule has 1 saturated heterocycles. The maximum atomic E-state index is 13.4. The first-order valence-electron chi connectivity index (χ1n) is 11.0. The quantitative estimate of drug-likeness (QED) is 0.558. The van der Waals surface area contributed by atoms with Crippen LogP contribution < -0.4 is 10.6 Å². The highest BCUT2D eigenvalue weighted by atomic mass is 35.5. The van der Waals surface area contributed by atoms with Crippen LogP contribution in [0.2, 0.25) is 5.02 Å². The molecular formula is C24H39ClFN3O2. The van der Waals surface area contributed by atoms with Gasteiger partial charge in [0.15, 0.2) is 0 Å². The third kappa shape index (κ3) is 11.0. The molecule has 1 aliphatic heterocycles. The number of halogens is 2. The van der Waals surface area contributed by atoms with Gasteiger partial charge in [0.1, 0.15) is 5.82 Å². The minimum atomic E-state index is -0.506. The summed E-state index contributed by atoms with van der Waals surface area (Å²) in [7, 11) is 1.69. The number of nitrogens with zero attached hydrogens (tertiary/aromatic N) is 1. The van der Waals surface area contributed by atoms with Gasteiger partial charge in [0, 0.05) is 36.5 Å².